The molecule has 8 heteroatoms. The van der Waals surface area contributed by atoms with Crippen LogP contribution in [0.5, 0.6) is 0 Å². The van der Waals surface area contributed by atoms with E-state index in [1.807, 2.05) is 0 Å². The van der Waals surface area contributed by atoms with Gasteiger partial charge in [0.05, 0.1) is 16.5 Å². The van der Waals surface area contributed by atoms with Crippen LogP contribution in [0.1, 0.15) is 12.0 Å². The zero-order chi connectivity index (χ0) is 14.8. The van der Waals surface area contributed by atoms with Gasteiger partial charge in [-0.3, -0.25) is 0 Å². The van der Waals surface area contributed by atoms with Crippen LogP contribution in [0.3, 0.4) is 0 Å². The summed E-state index contributed by atoms with van der Waals surface area (Å²) in [6.07, 6.45) is 0.771. The maximum Gasteiger partial charge on any atom is 0.243 e. The Hall–Kier alpha value is -0.340. The lowest BCUT2D eigenvalue weighted by atomic mass is 10.2. The minimum atomic E-state index is -3.75. The predicted octanol–water partition coefficient (Wildman–Crippen LogP) is 2.10. The molecule has 1 aromatic carbocycles. The van der Waals surface area contributed by atoms with Crippen LogP contribution in [0.2, 0.25) is 5.02 Å². The number of hydrogen-bond acceptors (Lipinski definition) is 4. The van der Waals surface area contributed by atoms with Crippen LogP contribution >= 0.6 is 23.4 Å². The van der Waals surface area contributed by atoms with Gasteiger partial charge in [0.2, 0.25) is 10.0 Å². The molecule has 0 saturated carbocycles. The van der Waals surface area contributed by atoms with Gasteiger partial charge in [-0.05, 0) is 24.3 Å². The molecular formula is C12H15ClFNO3S2. The van der Waals surface area contributed by atoms with Crippen LogP contribution in [0.15, 0.2) is 17.0 Å². The van der Waals surface area contributed by atoms with Crippen molar-refractivity contribution in [2.45, 2.75) is 17.9 Å². The second kappa shape index (κ2) is 6.62. The van der Waals surface area contributed by atoms with Crippen molar-refractivity contribution in [2.24, 2.45) is 0 Å². The number of aliphatic hydroxyl groups is 1. The molecular weight excluding hydrogens is 325 g/mol. The van der Waals surface area contributed by atoms with Crippen LogP contribution in [0.25, 0.3) is 0 Å². The summed E-state index contributed by atoms with van der Waals surface area (Å²) in [5.74, 6) is 0.811. The molecule has 112 valence electrons. The highest BCUT2D eigenvalue weighted by molar-refractivity contribution is 7.99. The molecule has 1 aliphatic heterocycles. The van der Waals surface area contributed by atoms with E-state index < -0.39 is 22.4 Å². The van der Waals surface area contributed by atoms with Crippen LogP contribution in [-0.4, -0.2) is 42.4 Å². The van der Waals surface area contributed by atoms with Crippen LogP contribution in [0, 0.1) is 5.82 Å². The van der Waals surface area contributed by atoms with E-state index in [1.165, 1.54) is 10.4 Å². The molecule has 20 heavy (non-hydrogen) atoms. The highest BCUT2D eigenvalue weighted by Crippen LogP contribution is 2.27. The molecule has 0 atom stereocenters. The Bertz CT molecular complexity index is 587. The van der Waals surface area contributed by atoms with Crippen molar-refractivity contribution in [3.05, 3.63) is 28.5 Å². The van der Waals surface area contributed by atoms with Gasteiger partial charge >= 0.3 is 0 Å². The van der Waals surface area contributed by atoms with Crippen LogP contribution in [-0.2, 0) is 16.6 Å². The summed E-state index contributed by atoms with van der Waals surface area (Å²) >= 11 is 7.38. The largest absolute Gasteiger partial charge is 0.392 e. The topological polar surface area (TPSA) is 57.6 Å². The lowest BCUT2D eigenvalue weighted by Crippen LogP contribution is -2.33. The maximum atomic E-state index is 13.7. The third kappa shape index (κ3) is 3.28. The van der Waals surface area contributed by atoms with Crippen molar-refractivity contribution >= 4 is 33.4 Å². The van der Waals surface area contributed by atoms with E-state index in [4.69, 9.17) is 16.7 Å². The predicted molar refractivity (Wildman–Crippen MR) is 78.0 cm³/mol. The van der Waals surface area contributed by atoms with Crippen molar-refractivity contribution in [3.8, 4) is 0 Å². The molecule has 0 aliphatic carbocycles. The first kappa shape index (κ1) is 16.0. The normalized spacial score (nSPS) is 17.9. The maximum absolute atomic E-state index is 13.7. The standard InChI is InChI=1S/C12H15ClFNO3S2/c13-12-9(8-16)6-10(7-11(12)14)20(17,18)15-2-1-4-19-5-3-15/h6-7,16H,1-5,8H2. The summed E-state index contributed by atoms with van der Waals surface area (Å²) in [5.41, 5.74) is 0.0782. The average molecular weight is 340 g/mol. The third-order valence-corrected chi connectivity index (χ3v) is 6.41. The molecule has 2 rings (SSSR count). The summed E-state index contributed by atoms with van der Waals surface area (Å²) in [6, 6.07) is 2.15. The van der Waals surface area contributed by atoms with Gasteiger partial charge in [-0.2, -0.15) is 16.1 Å². The highest BCUT2D eigenvalue weighted by Gasteiger charge is 2.27. The monoisotopic (exact) mass is 339 g/mol. The van der Waals surface area contributed by atoms with Gasteiger partial charge in [-0.25, -0.2) is 12.8 Å². The first-order valence-corrected chi connectivity index (χ1v) is 9.11. The summed E-state index contributed by atoms with van der Waals surface area (Å²) in [7, 11) is -3.75. The number of nitrogens with zero attached hydrogens (tertiary/aromatic N) is 1. The number of sulfonamides is 1. The van der Waals surface area contributed by atoms with E-state index in [1.54, 1.807) is 11.8 Å². The summed E-state index contributed by atoms with van der Waals surface area (Å²) < 4.78 is 40.0. The fraction of sp³-hybridized carbons (Fsp3) is 0.500. The fourth-order valence-corrected chi connectivity index (χ4v) is 4.71. The van der Waals surface area contributed by atoms with Gasteiger partial charge in [0.15, 0.2) is 0 Å². The lowest BCUT2D eigenvalue weighted by Gasteiger charge is -2.20. The molecule has 0 radical (unpaired) electrons. The third-order valence-electron chi connectivity index (χ3n) is 3.07. The number of benzene rings is 1. The molecule has 0 spiro atoms. The van der Waals surface area contributed by atoms with E-state index in [9.17, 15) is 12.8 Å². The van der Waals surface area contributed by atoms with Crippen molar-refractivity contribution in [1.29, 1.82) is 0 Å². The van der Waals surface area contributed by atoms with Gasteiger partial charge in [-0.1, -0.05) is 11.6 Å². The zero-order valence-electron chi connectivity index (χ0n) is 10.7. The fourth-order valence-electron chi connectivity index (χ4n) is 2.00. The second-order valence-corrected chi connectivity index (χ2v) is 7.95. The Balaban J connectivity index is 2.40. The van der Waals surface area contributed by atoms with Gasteiger partial charge in [0, 0.05) is 24.4 Å². The minimum absolute atomic E-state index is 0.0782. The smallest absolute Gasteiger partial charge is 0.243 e. The number of halogens is 2. The van der Waals surface area contributed by atoms with Crippen LogP contribution in [0.4, 0.5) is 4.39 Å². The number of rotatable bonds is 3. The quantitative estimate of drug-likeness (QED) is 0.916. The van der Waals surface area contributed by atoms with Gasteiger partial charge in [-0.15, -0.1) is 0 Å². The number of thioether (sulfide) groups is 1. The average Bonchev–Trinajstić information content (AvgIpc) is 2.71. The second-order valence-electron chi connectivity index (χ2n) is 4.41. The van der Waals surface area contributed by atoms with E-state index >= 15 is 0 Å². The van der Waals surface area contributed by atoms with E-state index in [2.05, 4.69) is 0 Å². The Labute approximate surface area is 127 Å². The van der Waals surface area contributed by atoms with Crippen molar-refractivity contribution in [2.75, 3.05) is 24.6 Å². The first-order chi connectivity index (χ1) is 9.46. The molecule has 0 unspecified atom stereocenters. The molecule has 1 saturated heterocycles. The molecule has 1 heterocycles. The zero-order valence-corrected chi connectivity index (χ0v) is 13.1. The summed E-state index contributed by atoms with van der Waals surface area (Å²) in [6.45, 7) is 0.328. The Morgan fingerprint density at radius 1 is 1.35 bits per heavy atom. The molecule has 0 bridgehead atoms. The molecule has 4 nitrogen and oxygen atoms in total. The number of aliphatic hydroxyl groups excluding tert-OH is 1. The van der Waals surface area contributed by atoms with Crippen molar-refractivity contribution in [1.82, 2.24) is 4.31 Å². The van der Waals surface area contributed by atoms with Crippen LogP contribution < -0.4 is 0 Å². The molecule has 0 aromatic heterocycles. The highest BCUT2D eigenvalue weighted by atomic mass is 35.5. The molecule has 0 amide bonds. The lowest BCUT2D eigenvalue weighted by molar-refractivity contribution is 0.281. The molecule has 1 N–H and O–H groups in total. The summed E-state index contributed by atoms with van der Waals surface area (Å²) in [5, 5.41) is 8.89. The van der Waals surface area contributed by atoms with Gasteiger partial charge in [0.1, 0.15) is 5.82 Å². The van der Waals surface area contributed by atoms with Crippen molar-refractivity contribution < 1.29 is 17.9 Å². The molecule has 1 fully saturated rings. The first-order valence-electron chi connectivity index (χ1n) is 6.13. The molecule has 1 aliphatic rings. The van der Waals surface area contributed by atoms with E-state index in [-0.39, 0.29) is 15.5 Å². The van der Waals surface area contributed by atoms with Gasteiger partial charge in [0.25, 0.3) is 0 Å². The number of hydrogen-bond donors (Lipinski definition) is 1. The minimum Gasteiger partial charge on any atom is -0.392 e. The van der Waals surface area contributed by atoms with E-state index in [0.29, 0.717) is 13.1 Å². The van der Waals surface area contributed by atoms with E-state index in [0.717, 1.165) is 24.0 Å². The van der Waals surface area contributed by atoms with Crippen molar-refractivity contribution in [3.63, 3.8) is 0 Å². The van der Waals surface area contributed by atoms with Gasteiger partial charge < -0.3 is 5.11 Å². The Kier molecular flexibility index (Phi) is 5.30. The Morgan fingerprint density at radius 2 is 2.10 bits per heavy atom. The Morgan fingerprint density at radius 3 is 2.80 bits per heavy atom. The SMILES string of the molecule is O=S(=O)(c1cc(F)c(Cl)c(CO)c1)N1CCCSCC1. The summed E-state index contributed by atoms with van der Waals surface area (Å²) in [4.78, 5) is -0.157. The molecule has 1 aromatic rings.